The monoisotopic (exact) mass is 526 g/mol. The number of rotatable bonds is 7. The molecule has 0 radical (unpaired) electrons. The third kappa shape index (κ3) is 5.95. The molecule has 0 spiro atoms. The number of hydrogen-bond donors (Lipinski definition) is 2. The van der Waals surface area contributed by atoms with Gasteiger partial charge in [0, 0.05) is 55.9 Å². The minimum Gasteiger partial charge on any atom is -0.489 e. The van der Waals surface area contributed by atoms with Gasteiger partial charge in [0.1, 0.15) is 17.7 Å². The van der Waals surface area contributed by atoms with E-state index in [4.69, 9.17) is 9.47 Å². The highest BCUT2D eigenvalue weighted by Gasteiger charge is 2.18. The van der Waals surface area contributed by atoms with E-state index in [1.54, 1.807) is 18.3 Å². The Morgan fingerprint density at radius 2 is 1.95 bits per heavy atom. The van der Waals surface area contributed by atoms with Crippen molar-refractivity contribution in [1.82, 2.24) is 25.0 Å². The number of carbonyl (C=O) groups is 1. The van der Waals surface area contributed by atoms with Crippen LogP contribution in [0.25, 0.3) is 21.9 Å². The van der Waals surface area contributed by atoms with Crippen LogP contribution in [0.15, 0.2) is 60.9 Å². The minimum atomic E-state index is -0.205. The first-order valence-electron chi connectivity index (χ1n) is 13.6. The second-order valence-corrected chi connectivity index (χ2v) is 10.2. The van der Waals surface area contributed by atoms with Gasteiger partial charge < -0.3 is 20.1 Å². The molecule has 2 N–H and O–H groups in total. The van der Waals surface area contributed by atoms with Gasteiger partial charge in [-0.2, -0.15) is 5.10 Å². The fraction of sp³-hybridized carbons (Fsp3) is 0.367. The first kappa shape index (κ1) is 25.5. The van der Waals surface area contributed by atoms with E-state index in [0.29, 0.717) is 11.4 Å². The molecule has 2 aliphatic heterocycles. The number of nitrogens with zero attached hydrogens (tertiary/aromatic N) is 4. The van der Waals surface area contributed by atoms with Crippen molar-refractivity contribution in [3.63, 3.8) is 0 Å². The molecule has 2 aromatic carbocycles. The SMILES string of the molecule is Cn1ncc(-c2ccc3cnc(NC(=O)c4ccc(OC5CCCNC5)cc4)cc3c2)c1CN1CCOCC1. The van der Waals surface area contributed by atoms with Gasteiger partial charge in [-0.1, -0.05) is 12.1 Å². The molecule has 4 aromatic rings. The number of nitrogens with one attached hydrogen (secondary N) is 2. The number of aryl methyl sites for hydroxylation is 1. The van der Waals surface area contributed by atoms with Crippen molar-refractivity contribution in [2.24, 2.45) is 7.05 Å². The van der Waals surface area contributed by atoms with Gasteiger partial charge in [0.2, 0.25) is 0 Å². The van der Waals surface area contributed by atoms with E-state index in [-0.39, 0.29) is 12.0 Å². The number of anilines is 1. The zero-order chi connectivity index (χ0) is 26.6. The lowest BCUT2D eigenvalue weighted by Crippen LogP contribution is -2.37. The highest BCUT2D eigenvalue weighted by molar-refractivity contribution is 6.04. The van der Waals surface area contributed by atoms with E-state index in [0.717, 1.165) is 86.4 Å². The molecule has 202 valence electrons. The molecule has 0 aliphatic carbocycles. The third-order valence-electron chi connectivity index (χ3n) is 7.48. The number of fused-ring (bicyclic) bond motifs is 1. The summed E-state index contributed by atoms with van der Waals surface area (Å²) < 4.78 is 13.5. The van der Waals surface area contributed by atoms with Crippen LogP contribution in [-0.2, 0) is 18.3 Å². The molecule has 0 bridgehead atoms. The zero-order valence-electron chi connectivity index (χ0n) is 22.2. The molecule has 1 amide bonds. The molecular weight excluding hydrogens is 492 g/mol. The van der Waals surface area contributed by atoms with Gasteiger partial charge in [-0.15, -0.1) is 0 Å². The lowest BCUT2D eigenvalue weighted by Gasteiger charge is -2.27. The number of amides is 1. The summed E-state index contributed by atoms with van der Waals surface area (Å²) in [5, 5.41) is 12.9. The number of morpholine rings is 1. The topological polar surface area (TPSA) is 93.5 Å². The summed E-state index contributed by atoms with van der Waals surface area (Å²) >= 11 is 0. The maximum absolute atomic E-state index is 12.9. The second kappa shape index (κ2) is 11.5. The third-order valence-corrected chi connectivity index (χ3v) is 7.48. The van der Waals surface area contributed by atoms with Gasteiger partial charge in [0.15, 0.2) is 0 Å². The van der Waals surface area contributed by atoms with Crippen LogP contribution in [0.1, 0.15) is 28.9 Å². The number of carbonyl (C=O) groups excluding carboxylic acids is 1. The van der Waals surface area contributed by atoms with Gasteiger partial charge in [0.25, 0.3) is 5.91 Å². The van der Waals surface area contributed by atoms with E-state index in [1.807, 2.05) is 36.1 Å². The Labute approximate surface area is 228 Å². The zero-order valence-corrected chi connectivity index (χ0v) is 22.2. The molecule has 2 aromatic heterocycles. The van der Waals surface area contributed by atoms with Crippen LogP contribution >= 0.6 is 0 Å². The van der Waals surface area contributed by atoms with Crippen LogP contribution in [0.4, 0.5) is 5.82 Å². The molecule has 39 heavy (non-hydrogen) atoms. The lowest BCUT2D eigenvalue weighted by molar-refractivity contribution is 0.0332. The van der Waals surface area contributed by atoms with Crippen LogP contribution in [0.2, 0.25) is 0 Å². The smallest absolute Gasteiger partial charge is 0.256 e. The quantitative estimate of drug-likeness (QED) is 0.378. The number of ether oxygens (including phenoxy) is 2. The fourth-order valence-electron chi connectivity index (χ4n) is 5.23. The number of benzene rings is 2. The second-order valence-electron chi connectivity index (χ2n) is 10.2. The molecule has 9 nitrogen and oxygen atoms in total. The standard InChI is InChI=1S/C30H34N6O3/c1-35-28(20-36-11-13-38-14-12-36)27(19-33-35)22-4-5-23-17-32-29(16-24(23)15-22)34-30(37)21-6-8-25(9-7-21)39-26-3-2-10-31-18-26/h4-9,15-17,19,26,31H,2-3,10-14,18,20H2,1H3,(H,32,34,37). The van der Waals surface area contributed by atoms with E-state index >= 15 is 0 Å². The highest BCUT2D eigenvalue weighted by Crippen LogP contribution is 2.29. The molecule has 2 aliphatic rings. The van der Waals surface area contributed by atoms with Gasteiger partial charge in [-0.05, 0) is 66.7 Å². The highest BCUT2D eigenvalue weighted by atomic mass is 16.5. The summed E-state index contributed by atoms with van der Waals surface area (Å²) in [4.78, 5) is 19.8. The largest absolute Gasteiger partial charge is 0.489 e. The molecular formula is C30H34N6O3. The van der Waals surface area contributed by atoms with Gasteiger partial charge in [-0.3, -0.25) is 14.4 Å². The fourth-order valence-corrected chi connectivity index (χ4v) is 5.23. The molecule has 1 unspecified atom stereocenters. The molecule has 2 saturated heterocycles. The van der Waals surface area contributed by atoms with Crippen LogP contribution in [-0.4, -0.2) is 71.1 Å². The minimum absolute atomic E-state index is 0.173. The molecule has 6 rings (SSSR count). The van der Waals surface area contributed by atoms with E-state index < -0.39 is 0 Å². The Kier molecular flexibility index (Phi) is 7.53. The Morgan fingerprint density at radius 3 is 2.74 bits per heavy atom. The van der Waals surface area contributed by atoms with Crippen LogP contribution in [0.5, 0.6) is 5.75 Å². The summed E-state index contributed by atoms with van der Waals surface area (Å²) in [6.07, 6.45) is 6.05. The Morgan fingerprint density at radius 1 is 1.10 bits per heavy atom. The molecule has 4 heterocycles. The maximum Gasteiger partial charge on any atom is 0.256 e. The first-order valence-corrected chi connectivity index (χ1v) is 13.6. The maximum atomic E-state index is 12.9. The van der Waals surface area contributed by atoms with Crippen molar-refractivity contribution in [3.05, 3.63) is 72.2 Å². The summed E-state index contributed by atoms with van der Waals surface area (Å²) in [5.74, 6) is 1.09. The number of pyridine rings is 1. The normalized spacial score (nSPS) is 18.2. The lowest BCUT2D eigenvalue weighted by atomic mass is 10.0. The molecule has 1 atom stereocenters. The summed E-state index contributed by atoms with van der Waals surface area (Å²) in [7, 11) is 1.99. The molecule has 9 heteroatoms. The summed E-state index contributed by atoms with van der Waals surface area (Å²) in [5.41, 5.74) is 3.93. The Hall–Kier alpha value is -3.79. The average Bonchev–Trinajstić information content (AvgIpc) is 3.33. The molecule has 2 fully saturated rings. The van der Waals surface area contributed by atoms with Gasteiger partial charge >= 0.3 is 0 Å². The van der Waals surface area contributed by atoms with Crippen molar-refractivity contribution in [1.29, 1.82) is 0 Å². The van der Waals surface area contributed by atoms with Crippen LogP contribution in [0.3, 0.4) is 0 Å². The first-order chi connectivity index (χ1) is 19.1. The number of piperidine rings is 1. The summed E-state index contributed by atoms with van der Waals surface area (Å²) in [6.45, 7) is 6.10. The van der Waals surface area contributed by atoms with Crippen molar-refractivity contribution >= 4 is 22.5 Å². The number of hydrogen-bond acceptors (Lipinski definition) is 7. The van der Waals surface area contributed by atoms with Gasteiger partial charge in [-0.25, -0.2) is 4.98 Å². The Bertz CT molecular complexity index is 1440. The number of aromatic nitrogens is 3. The van der Waals surface area contributed by atoms with Crippen LogP contribution in [0, 0.1) is 0 Å². The van der Waals surface area contributed by atoms with Gasteiger partial charge in [0.05, 0.1) is 25.1 Å². The predicted molar refractivity (Wildman–Crippen MR) is 151 cm³/mol. The van der Waals surface area contributed by atoms with Crippen molar-refractivity contribution in [2.45, 2.75) is 25.5 Å². The van der Waals surface area contributed by atoms with Crippen molar-refractivity contribution in [2.75, 3.05) is 44.7 Å². The van der Waals surface area contributed by atoms with Crippen molar-refractivity contribution in [3.8, 4) is 16.9 Å². The van der Waals surface area contributed by atoms with E-state index in [1.165, 1.54) is 5.69 Å². The van der Waals surface area contributed by atoms with E-state index in [9.17, 15) is 4.79 Å². The average molecular weight is 527 g/mol. The predicted octanol–water partition coefficient (Wildman–Crippen LogP) is 3.85. The summed E-state index contributed by atoms with van der Waals surface area (Å²) in [6, 6.07) is 15.5. The van der Waals surface area contributed by atoms with Crippen molar-refractivity contribution < 1.29 is 14.3 Å². The van der Waals surface area contributed by atoms with Crippen LogP contribution < -0.4 is 15.4 Å². The molecule has 0 saturated carbocycles. The Balaban J connectivity index is 1.17. The van der Waals surface area contributed by atoms with E-state index in [2.05, 4.69) is 43.8 Å².